The number of hydrogen-bond acceptors (Lipinski definition) is 5. The van der Waals surface area contributed by atoms with Crippen LogP contribution < -0.4 is 9.47 Å². The van der Waals surface area contributed by atoms with E-state index in [-0.39, 0.29) is 6.61 Å². The molecule has 5 aromatic rings. The molecule has 1 N–H and O–H groups in total. The topological polar surface area (TPSA) is 81.5 Å². The van der Waals surface area contributed by atoms with Crippen molar-refractivity contribution in [2.45, 2.75) is 0 Å². The highest BCUT2D eigenvalue weighted by atomic mass is 16.5. The molecular formula is C33H26N2O4. The molecule has 0 aliphatic heterocycles. The number of ether oxygens (including phenoxy) is 2. The Bertz CT molecular complexity index is 1450. The summed E-state index contributed by atoms with van der Waals surface area (Å²) in [5.41, 5.74) is 7.51. The number of rotatable bonds is 10. The van der Waals surface area contributed by atoms with Gasteiger partial charge in [0.25, 0.3) is 0 Å². The van der Waals surface area contributed by atoms with Crippen LogP contribution in [0, 0.1) is 0 Å². The molecule has 0 saturated heterocycles. The number of carbonyl (C=O) groups is 1. The number of aromatic nitrogens is 2. The zero-order valence-corrected chi connectivity index (χ0v) is 21.1. The first-order valence-corrected chi connectivity index (χ1v) is 12.4. The molecule has 0 amide bonds. The molecule has 2 aromatic heterocycles. The molecule has 39 heavy (non-hydrogen) atoms. The van der Waals surface area contributed by atoms with E-state index in [1.807, 2.05) is 36.7 Å². The Morgan fingerprint density at radius 1 is 0.641 bits per heavy atom. The zero-order valence-electron chi connectivity index (χ0n) is 21.1. The first-order valence-electron chi connectivity index (χ1n) is 12.4. The summed E-state index contributed by atoms with van der Waals surface area (Å²) in [7, 11) is 0. The second-order valence-corrected chi connectivity index (χ2v) is 8.72. The van der Waals surface area contributed by atoms with E-state index < -0.39 is 5.97 Å². The number of hydrogen-bond donors (Lipinski definition) is 1. The van der Waals surface area contributed by atoms with Gasteiger partial charge in [-0.15, -0.1) is 0 Å². The maximum Gasteiger partial charge on any atom is 0.341 e. The number of pyridine rings is 2. The van der Waals surface area contributed by atoms with Gasteiger partial charge in [-0.2, -0.15) is 0 Å². The SMILES string of the molecule is O=C(O)COc1ccc(OCC=C(c2ccc(-c3cccnc3)cc2)c2ccc(-c3cccnc3)cc2)cc1. The maximum absolute atomic E-state index is 10.7. The van der Waals surface area contributed by atoms with Crippen LogP contribution in [0.25, 0.3) is 27.8 Å². The lowest BCUT2D eigenvalue weighted by Gasteiger charge is -2.12. The number of aliphatic carboxylic acids is 1. The molecular weight excluding hydrogens is 488 g/mol. The minimum Gasteiger partial charge on any atom is -0.490 e. The first kappa shape index (κ1) is 25.4. The van der Waals surface area contributed by atoms with Gasteiger partial charge in [0.05, 0.1) is 0 Å². The Labute approximate surface area is 226 Å². The molecule has 0 unspecified atom stereocenters. The van der Waals surface area contributed by atoms with Crippen LogP contribution in [-0.2, 0) is 4.79 Å². The lowest BCUT2D eigenvalue weighted by molar-refractivity contribution is -0.139. The number of carboxylic acid groups (broad SMARTS) is 1. The fraction of sp³-hybridized carbons (Fsp3) is 0.0606. The van der Waals surface area contributed by atoms with Gasteiger partial charge in [0, 0.05) is 24.8 Å². The summed E-state index contributed by atoms with van der Waals surface area (Å²) in [6, 6.07) is 31.7. The van der Waals surface area contributed by atoms with Crippen LogP contribution in [-0.4, -0.2) is 34.3 Å². The van der Waals surface area contributed by atoms with Crippen molar-refractivity contribution in [3.05, 3.63) is 139 Å². The Balaban J connectivity index is 1.38. The summed E-state index contributed by atoms with van der Waals surface area (Å²) >= 11 is 0. The van der Waals surface area contributed by atoms with E-state index >= 15 is 0 Å². The van der Waals surface area contributed by atoms with Crippen LogP contribution in [0.4, 0.5) is 0 Å². The normalized spacial score (nSPS) is 10.5. The van der Waals surface area contributed by atoms with Crippen molar-refractivity contribution < 1.29 is 19.4 Å². The van der Waals surface area contributed by atoms with Gasteiger partial charge in [-0.05, 0) is 81.4 Å². The Morgan fingerprint density at radius 2 is 1.13 bits per heavy atom. The zero-order chi connectivity index (χ0) is 26.9. The van der Waals surface area contributed by atoms with Gasteiger partial charge in [0.1, 0.15) is 18.1 Å². The summed E-state index contributed by atoms with van der Waals surface area (Å²) < 4.78 is 11.2. The summed E-state index contributed by atoms with van der Waals surface area (Å²) in [5.74, 6) is 0.116. The molecule has 0 aliphatic carbocycles. The average molecular weight is 515 g/mol. The second-order valence-electron chi connectivity index (χ2n) is 8.72. The van der Waals surface area contributed by atoms with E-state index in [9.17, 15) is 4.79 Å². The molecule has 0 bridgehead atoms. The van der Waals surface area contributed by atoms with E-state index in [0.717, 1.165) is 39.0 Å². The van der Waals surface area contributed by atoms with E-state index in [1.54, 1.807) is 36.7 Å². The fourth-order valence-electron chi connectivity index (χ4n) is 4.15. The summed E-state index contributed by atoms with van der Waals surface area (Å²) in [4.78, 5) is 19.2. The van der Waals surface area contributed by atoms with Gasteiger partial charge in [0.15, 0.2) is 6.61 Å². The maximum atomic E-state index is 10.7. The largest absolute Gasteiger partial charge is 0.490 e. The molecule has 0 radical (unpaired) electrons. The van der Waals surface area contributed by atoms with E-state index in [2.05, 4.69) is 64.6 Å². The van der Waals surface area contributed by atoms with Gasteiger partial charge in [-0.3, -0.25) is 9.97 Å². The predicted octanol–water partition coefficient (Wildman–Crippen LogP) is 6.78. The summed E-state index contributed by atoms with van der Waals surface area (Å²) in [6.45, 7) is -0.0369. The molecule has 6 heteroatoms. The van der Waals surface area contributed by atoms with E-state index in [0.29, 0.717) is 18.1 Å². The summed E-state index contributed by atoms with van der Waals surface area (Å²) in [5, 5.41) is 8.77. The molecule has 3 aromatic carbocycles. The molecule has 192 valence electrons. The summed E-state index contributed by atoms with van der Waals surface area (Å²) in [6.07, 6.45) is 9.31. The lowest BCUT2D eigenvalue weighted by Crippen LogP contribution is -2.09. The fourth-order valence-corrected chi connectivity index (χ4v) is 4.15. The minimum absolute atomic E-state index is 0.347. The van der Waals surface area contributed by atoms with Gasteiger partial charge < -0.3 is 14.6 Å². The Morgan fingerprint density at radius 3 is 1.56 bits per heavy atom. The molecule has 0 atom stereocenters. The molecule has 0 fully saturated rings. The highest BCUT2D eigenvalue weighted by Gasteiger charge is 2.08. The molecule has 5 rings (SSSR count). The second kappa shape index (κ2) is 12.3. The van der Waals surface area contributed by atoms with Crippen molar-refractivity contribution in [2.24, 2.45) is 0 Å². The quantitative estimate of drug-likeness (QED) is 0.221. The molecule has 0 spiro atoms. The predicted molar refractivity (Wildman–Crippen MR) is 151 cm³/mol. The molecule has 0 saturated carbocycles. The van der Waals surface area contributed by atoms with Gasteiger partial charge in [-0.1, -0.05) is 60.7 Å². The Kier molecular flexibility index (Phi) is 8.04. The average Bonchev–Trinajstić information content (AvgIpc) is 3.00. The lowest BCUT2D eigenvalue weighted by atomic mass is 9.94. The van der Waals surface area contributed by atoms with Crippen LogP contribution in [0.3, 0.4) is 0 Å². The smallest absolute Gasteiger partial charge is 0.341 e. The number of carboxylic acids is 1. The standard InChI is InChI=1S/C33H26N2O4/c36-33(37)23-39-31-15-13-30(14-16-31)38-20-17-32(26-9-5-24(6-10-26)28-3-1-18-34-21-28)27-11-7-25(8-12-27)29-4-2-19-35-22-29/h1-19,21-22H,20,23H2,(H,36,37). The van der Waals surface area contributed by atoms with Crippen molar-refractivity contribution in [3.63, 3.8) is 0 Å². The van der Waals surface area contributed by atoms with Crippen molar-refractivity contribution in [1.29, 1.82) is 0 Å². The van der Waals surface area contributed by atoms with Gasteiger partial charge in [-0.25, -0.2) is 4.79 Å². The van der Waals surface area contributed by atoms with E-state index in [4.69, 9.17) is 14.6 Å². The first-order chi connectivity index (χ1) is 19.2. The van der Waals surface area contributed by atoms with Crippen LogP contribution in [0.1, 0.15) is 11.1 Å². The third-order valence-electron chi connectivity index (χ3n) is 6.11. The van der Waals surface area contributed by atoms with Crippen molar-refractivity contribution in [3.8, 4) is 33.8 Å². The van der Waals surface area contributed by atoms with Crippen LogP contribution in [0.5, 0.6) is 11.5 Å². The van der Waals surface area contributed by atoms with Crippen molar-refractivity contribution in [1.82, 2.24) is 9.97 Å². The van der Waals surface area contributed by atoms with Crippen LogP contribution in [0.15, 0.2) is 128 Å². The van der Waals surface area contributed by atoms with Crippen molar-refractivity contribution in [2.75, 3.05) is 13.2 Å². The third kappa shape index (κ3) is 6.76. The van der Waals surface area contributed by atoms with Crippen LogP contribution in [0.2, 0.25) is 0 Å². The monoisotopic (exact) mass is 514 g/mol. The highest BCUT2D eigenvalue weighted by Crippen LogP contribution is 2.29. The highest BCUT2D eigenvalue weighted by molar-refractivity contribution is 5.82. The Hall–Kier alpha value is -5.23. The third-order valence-corrected chi connectivity index (χ3v) is 6.11. The minimum atomic E-state index is -1.02. The van der Waals surface area contributed by atoms with Crippen LogP contribution >= 0.6 is 0 Å². The molecule has 0 aliphatic rings. The number of benzene rings is 3. The number of nitrogens with zero attached hydrogens (tertiary/aromatic N) is 2. The molecule has 2 heterocycles. The van der Waals surface area contributed by atoms with Crippen molar-refractivity contribution >= 4 is 11.5 Å². The van der Waals surface area contributed by atoms with E-state index in [1.165, 1.54) is 0 Å². The van der Waals surface area contributed by atoms with Gasteiger partial charge in [0.2, 0.25) is 0 Å². The molecule has 6 nitrogen and oxygen atoms in total. The van der Waals surface area contributed by atoms with Gasteiger partial charge >= 0.3 is 5.97 Å².